The van der Waals surface area contributed by atoms with E-state index >= 15 is 0 Å². The molecule has 0 heterocycles. The van der Waals surface area contributed by atoms with Crippen molar-refractivity contribution in [3.8, 4) is 6.07 Å². The number of nitrogens with zero attached hydrogens (tertiary/aromatic N) is 1. The van der Waals surface area contributed by atoms with Crippen LogP contribution < -0.4 is 5.14 Å². The normalized spacial score (nSPS) is 24.2. The summed E-state index contributed by atoms with van der Waals surface area (Å²) < 4.78 is 36.8. The standard InChI is InChI=1S/C12H20F2N2OS/c1-11(2,18(16)17)7-10(8-15)9-3-5-12(13,14)6-4-9/h9-10H,3-7,16H2,1-2H3/t10-,18?/m1/s1. The molecule has 2 N–H and O–H groups in total. The van der Waals surface area contributed by atoms with E-state index in [1.54, 1.807) is 13.8 Å². The van der Waals surface area contributed by atoms with Gasteiger partial charge in [0, 0.05) is 12.8 Å². The van der Waals surface area contributed by atoms with E-state index in [4.69, 9.17) is 5.14 Å². The lowest BCUT2D eigenvalue weighted by Crippen LogP contribution is -2.37. The van der Waals surface area contributed by atoms with Crippen molar-refractivity contribution in [2.75, 3.05) is 0 Å². The van der Waals surface area contributed by atoms with Gasteiger partial charge in [0.2, 0.25) is 5.92 Å². The maximum Gasteiger partial charge on any atom is 0.248 e. The van der Waals surface area contributed by atoms with Crippen LogP contribution in [0.5, 0.6) is 0 Å². The summed E-state index contributed by atoms with van der Waals surface area (Å²) in [4.78, 5) is 0. The highest BCUT2D eigenvalue weighted by atomic mass is 32.2. The van der Waals surface area contributed by atoms with Crippen molar-refractivity contribution < 1.29 is 13.0 Å². The van der Waals surface area contributed by atoms with Gasteiger partial charge in [-0.2, -0.15) is 5.26 Å². The van der Waals surface area contributed by atoms with Crippen LogP contribution in [0.25, 0.3) is 0 Å². The molecule has 0 saturated heterocycles. The first kappa shape index (κ1) is 15.5. The Bertz CT molecular complexity index is 356. The largest absolute Gasteiger partial charge is 0.251 e. The monoisotopic (exact) mass is 278 g/mol. The zero-order valence-electron chi connectivity index (χ0n) is 10.8. The third-order valence-corrected chi connectivity index (χ3v) is 5.01. The Labute approximate surface area is 109 Å². The number of nitrogens with two attached hydrogens (primary N) is 1. The maximum atomic E-state index is 13.1. The van der Waals surface area contributed by atoms with E-state index in [1.807, 2.05) is 0 Å². The van der Waals surface area contributed by atoms with E-state index < -0.39 is 21.7 Å². The molecule has 18 heavy (non-hydrogen) atoms. The second-order valence-electron chi connectivity index (χ2n) is 5.69. The second kappa shape index (κ2) is 5.62. The quantitative estimate of drug-likeness (QED) is 0.859. The average Bonchev–Trinajstić information content (AvgIpc) is 2.26. The zero-order chi connectivity index (χ0) is 14.0. The van der Waals surface area contributed by atoms with Crippen LogP contribution in [-0.4, -0.2) is 14.9 Å². The van der Waals surface area contributed by atoms with Gasteiger partial charge in [0.1, 0.15) is 0 Å². The summed E-state index contributed by atoms with van der Waals surface area (Å²) in [5.41, 5.74) is 0. The first-order chi connectivity index (χ1) is 8.18. The van der Waals surface area contributed by atoms with E-state index in [0.717, 1.165) is 0 Å². The van der Waals surface area contributed by atoms with Crippen molar-refractivity contribution in [3.05, 3.63) is 0 Å². The average molecular weight is 278 g/mol. The maximum absolute atomic E-state index is 13.1. The molecule has 1 aliphatic rings. The second-order valence-corrected chi connectivity index (χ2v) is 7.39. The Morgan fingerprint density at radius 2 is 2.00 bits per heavy atom. The minimum atomic E-state index is -2.58. The van der Waals surface area contributed by atoms with E-state index in [2.05, 4.69) is 6.07 Å². The molecule has 0 aromatic rings. The van der Waals surface area contributed by atoms with Gasteiger partial charge < -0.3 is 0 Å². The van der Waals surface area contributed by atoms with Gasteiger partial charge in [-0.15, -0.1) is 0 Å². The smallest absolute Gasteiger partial charge is 0.248 e. The highest BCUT2D eigenvalue weighted by molar-refractivity contribution is 7.84. The molecule has 1 saturated carbocycles. The Hall–Kier alpha value is -0.540. The SMILES string of the molecule is CC(C)(C[C@H](C#N)C1CCC(F)(F)CC1)S(N)=O. The van der Waals surface area contributed by atoms with Gasteiger partial charge in [-0.3, -0.25) is 5.14 Å². The lowest BCUT2D eigenvalue weighted by molar-refractivity contribution is -0.0502. The summed E-state index contributed by atoms with van der Waals surface area (Å²) in [6.45, 7) is 3.48. The highest BCUT2D eigenvalue weighted by Crippen LogP contribution is 2.41. The molecule has 0 amide bonds. The van der Waals surface area contributed by atoms with Crippen molar-refractivity contribution in [2.45, 2.75) is 56.6 Å². The fourth-order valence-corrected chi connectivity index (χ4v) is 2.74. The molecule has 0 aromatic heterocycles. The predicted octanol–water partition coefficient (Wildman–Crippen LogP) is 2.74. The van der Waals surface area contributed by atoms with Gasteiger partial charge in [0.25, 0.3) is 0 Å². The molecule has 3 nitrogen and oxygen atoms in total. The molecule has 1 fully saturated rings. The van der Waals surface area contributed by atoms with Crippen LogP contribution in [0.3, 0.4) is 0 Å². The number of rotatable bonds is 4. The van der Waals surface area contributed by atoms with Crippen LogP contribution in [0.2, 0.25) is 0 Å². The molecule has 0 radical (unpaired) electrons. The molecular formula is C12H20F2N2OS. The molecule has 0 bridgehead atoms. The van der Waals surface area contributed by atoms with Crippen LogP contribution in [-0.2, 0) is 11.0 Å². The Morgan fingerprint density at radius 3 is 2.39 bits per heavy atom. The Balaban J connectivity index is 2.64. The van der Waals surface area contributed by atoms with Crippen molar-refractivity contribution in [3.63, 3.8) is 0 Å². The predicted molar refractivity (Wildman–Crippen MR) is 67.0 cm³/mol. The van der Waals surface area contributed by atoms with Crippen molar-refractivity contribution in [2.24, 2.45) is 17.0 Å². The van der Waals surface area contributed by atoms with Gasteiger partial charge in [0.15, 0.2) is 0 Å². The van der Waals surface area contributed by atoms with Crippen LogP contribution in [0.4, 0.5) is 8.78 Å². The number of halogens is 2. The van der Waals surface area contributed by atoms with Gasteiger partial charge in [-0.25, -0.2) is 13.0 Å². The summed E-state index contributed by atoms with van der Waals surface area (Å²) in [5, 5.41) is 14.6. The van der Waals surface area contributed by atoms with Crippen molar-refractivity contribution >= 4 is 11.0 Å². The molecule has 1 rings (SSSR count). The van der Waals surface area contributed by atoms with Gasteiger partial charge in [-0.05, 0) is 39.0 Å². The highest BCUT2D eigenvalue weighted by Gasteiger charge is 2.39. The van der Waals surface area contributed by atoms with Crippen LogP contribution in [0.1, 0.15) is 46.0 Å². The van der Waals surface area contributed by atoms with E-state index in [0.29, 0.717) is 19.3 Å². The van der Waals surface area contributed by atoms with Crippen LogP contribution >= 0.6 is 0 Å². The molecule has 1 aliphatic carbocycles. The minimum Gasteiger partial charge on any atom is -0.251 e. The molecule has 2 atom stereocenters. The van der Waals surface area contributed by atoms with Gasteiger partial charge >= 0.3 is 0 Å². The zero-order valence-corrected chi connectivity index (χ0v) is 11.6. The summed E-state index contributed by atoms with van der Waals surface area (Å²) in [6, 6.07) is 2.18. The van der Waals surface area contributed by atoms with Crippen LogP contribution in [0.15, 0.2) is 0 Å². The molecule has 6 heteroatoms. The third-order valence-electron chi connectivity index (χ3n) is 3.75. The molecule has 104 valence electrons. The fourth-order valence-electron chi connectivity index (χ4n) is 2.39. The lowest BCUT2D eigenvalue weighted by atomic mass is 9.76. The number of hydrogen-bond donors (Lipinski definition) is 1. The molecule has 0 aromatic carbocycles. The van der Waals surface area contributed by atoms with Crippen molar-refractivity contribution in [1.29, 1.82) is 5.26 Å². The van der Waals surface area contributed by atoms with Crippen molar-refractivity contribution in [1.82, 2.24) is 0 Å². The number of hydrogen-bond acceptors (Lipinski definition) is 2. The van der Waals surface area contributed by atoms with E-state index in [9.17, 15) is 18.3 Å². The molecular weight excluding hydrogens is 258 g/mol. The summed E-state index contributed by atoms with van der Waals surface area (Å²) in [5.74, 6) is -2.95. The fraction of sp³-hybridized carbons (Fsp3) is 0.917. The van der Waals surface area contributed by atoms with Crippen LogP contribution in [0, 0.1) is 23.2 Å². The summed E-state index contributed by atoms with van der Waals surface area (Å²) >= 11 is 0. The Kier molecular flexibility index (Phi) is 4.84. The molecule has 0 aliphatic heterocycles. The topological polar surface area (TPSA) is 66.9 Å². The molecule has 0 spiro atoms. The Morgan fingerprint density at radius 1 is 1.50 bits per heavy atom. The van der Waals surface area contributed by atoms with Gasteiger partial charge in [0.05, 0.1) is 27.7 Å². The summed E-state index contributed by atoms with van der Waals surface area (Å²) in [7, 11) is -1.52. The lowest BCUT2D eigenvalue weighted by Gasteiger charge is -2.33. The number of nitriles is 1. The third kappa shape index (κ3) is 3.99. The number of alkyl halides is 2. The first-order valence-corrected chi connectivity index (χ1v) is 7.33. The van der Waals surface area contributed by atoms with E-state index in [1.165, 1.54) is 0 Å². The van der Waals surface area contributed by atoms with E-state index in [-0.39, 0.29) is 24.7 Å². The molecule has 1 unspecified atom stereocenters. The first-order valence-electron chi connectivity index (χ1n) is 6.12. The minimum absolute atomic E-state index is 0.0301. The summed E-state index contributed by atoms with van der Waals surface area (Å²) in [6.07, 6.45) is 0.809. The van der Waals surface area contributed by atoms with Gasteiger partial charge in [-0.1, -0.05) is 0 Å².